The summed E-state index contributed by atoms with van der Waals surface area (Å²) < 4.78 is 1.30. The minimum absolute atomic E-state index is 0.691. The summed E-state index contributed by atoms with van der Waals surface area (Å²) in [6.45, 7) is 3.12. The van der Waals surface area contributed by atoms with E-state index < -0.39 is 0 Å². The summed E-state index contributed by atoms with van der Waals surface area (Å²) in [6, 6.07) is 4.41. The van der Waals surface area contributed by atoms with Crippen molar-refractivity contribution in [3.8, 4) is 0 Å². The fourth-order valence-electron chi connectivity index (χ4n) is 2.73. The molecule has 2 nitrogen and oxygen atoms in total. The number of pyridine rings is 1. The van der Waals surface area contributed by atoms with Crippen molar-refractivity contribution in [3.63, 3.8) is 0 Å². The van der Waals surface area contributed by atoms with E-state index in [9.17, 15) is 0 Å². The molecule has 0 radical (unpaired) electrons. The van der Waals surface area contributed by atoms with Gasteiger partial charge in [-0.3, -0.25) is 4.98 Å². The normalized spacial score (nSPS) is 16.8. The Hall–Kier alpha value is -1.09. The van der Waals surface area contributed by atoms with E-state index in [2.05, 4.69) is 29.8 Å². The molecule has 17 heavy (non-hydrogen) atoms. The predicted octanol–water partition coefficient (Wildman–Crippen LogP) is 4.39. The summed E-state index contributed by atoms with van der Waals surface area (Å²) in [5.74, 6) is 0.691. The van der Waals surface area contributed by atoms with Crippen molar-refractivity contribution < 1.29 is 0 Å². The molecular weight excluding hydrogens is 228 g/mol. The van der Waals surface area contributed by atoms with Gasteiger partial charge in [-0.1, -0.05) is 12.8 Å². The van der Waals surface area contributed by atoms with E-state index in [-0.39, 0.29) is 0 Å². The number of rotatable bonds is 3. The first kappa shape index (κ1) is 11.0. The summed E-state index contributed by atoms with van der Waals surface area (Å²) in [5.41, 5.74) is 3.73. The van der Waals surface area contributed by atoms with E-state index in [0.29, 0.717) is 5.92 Å². The zero-order chi connectivity index (χ0) is 11.7. The van der Waals surface area contributed by atoms with E-state index >= 15 is 0 Å². The molecule has 1 saturated carbocycles. The maximum atomic E-state index is 4.83. The molecule has 0 saturated heterocycles. The Kier molecular flexibility index (Phi) is 3.02. The van der Waals surface area contributed by atoms with Gasteiger partial charge in [0.05, 0.1) is 15.9 Å². The number of hydrogen-bond donors (Lipinski definition) is 1. The third-order valence-corrected chi connectivity index (χ3v) is 4.51. The molecule has 3 rings (SSSR count). The van der Waals surface area contributed by atoms with Crippen molar-refractivity contribution in [3.05, 3.63) is 23.2 Å². The third-order valence-electron chi connectivity index (χ3n) is 3.57. The lowest BCUT2D eigenvalue weighted by atomic mass is 10.0. The van der Waals surface area contributed by atoms with Crippen LogP contribution in [0.15, 0.2) is 17.5 Å². The van der Waals surface area contributed by atoms with E-state index in [4.69, 9.17) is 4.98 Å². The van der Waals surface area contributed by atoms with Crippen LogP contribution in [0, 0.1) is 0 Å². The number of anilines is 1. The topological polar surface area (TPSA) is 24.9 Å². The maximum absolute atomic E-state index is 4.83. The molecule has 1 N–H and O–H groups in total. The first-order valence-corrected chi connectivity index (χ1v) is 7.38. The molecule has 0 bridgehead atoms. The van der Waals surface area contributed by atoms with Crippen molar-refractivity contribution in [2.24, 2.45) is 0 Å². The first-order chi connectivity index (χ1) is 8.38. The SMILES string of the molecule is CCNc1cc(C2CCCC2)nc2ccsc12. The van der Waals surface area contributed by atoms with E-state index in [1.807, 2.05) is 0 Å². The predicted molar refractivity (Wildman–Crippen MR) is 75.0 cm³/mol. The van der Waals surface area contributed by atoms with Crippen LogP contribution in [0.1, 0.15) is 44.2 Å². The number of fused-ring (bicyclic) bond motifs is 1. The number of aromatic nitrogens is 1. The third kappa shape index (κ3) is 2.04. The van der Waals surface area contributed by atoms with Crippen LogP contribution in [-0.2, 0) is 0 Å². The number of hydrogen-bond acceptors (Lipinski definition) is 3. The zero-order valence-electron chi connectivity index (χ0n) is 10.2. The van der Waals surface area contributed by atoms with Gasteiger partial charge in [-0.25, -0.2) is 0 Å². The van der Waals surface area contributed by atoms with Crippen LogP contribution < -0.4 is 5.32 Å². The number of thiophene rings is 1. The lowest BCUT2D eigenvalue weighted by Gasteiger charge is -2.12. The number of nitrogens with one attached hydrogen (secondary N) is 1. The molecule has 0 atom stereocenters. The summed E-state index contributed by atoms with van der Waals surface area (Å²) in [5, 5.41) is 5.61. The highest BCUT2D eigenvalue weighted by atomic mass is 32.1. The Morgan fingerprint density at radius 2 is 2.24 bits per heavy atom. The van der Waals surface area contributed by atoms with Crippen LogP contribution >= 0.6 is 11.3 Å². The van der Waals surface area contributed by atoms with Gasteiger partial charge in [-0.15, -0.1) is 11.3 Å². The largest absolute Gasteiger partial charge is 0.384 e. The minimum Gasteiger partial charge on any atom is -0.384 e. The van der Waals surface area contributed by atoms with Crippen LogP contribution in [0.3, 0.4) is 0 Å². The summed E-state index contributed by atoms with van der Waals surface area (Å²) in [7, 11) is 0. The fourth-order valence-corrected chi connectivity index (χ4v) is 3.55. The monoisotopic (exact) mass is 246 g/mol. The smallest absolute Gasteiger partial charge is 0.0834 e. The number of nitrogens with zero attached hydrogens (tertiary/aromatic N) is 1. The van der Waals surface area contributed by atoms with Crippen molar-refractivity contribution in [1.82, 2.24) is 4.98 Å². The van der Waals surface area contributed by atoms with Crippen LogP contribution in [0.25, 0.3) is 10.2 Å². The van der Waals surface area contributed by atoms with Gasteiger partial charge in [0.2, 0.25) is 0 Å². The molecule has 1 aliphatic carbocycles. The maximum Gasteiger partial charge on any atom is 0.0834 e. The molecule has 1 aliphatic rings. The van der Waals surface area contributed by atoms with Gasteiger partial charge in [-0.2, -0.15) is 0 Å². The van der Waals surface area contributed by atoms with E-state index in [1.54, 1.807) is 11.3 Å². The second kappa shape index (κ2) is 4.65. The van der Waals surface area contributed by atoms with Gasteiger partial charge in [0.1, 0.15) is 0 Å². The summed E-state index contributed by atoms with van der Waals surface area (Å²) in [4.78, 5) is 4.83. The molecule has 1 fully saturated rings. The highest BCUT2D eigenvalue weighted by molar-refractivity contribution is 7.17. The average molecular weight is 246 g/mol. The molecule has 90 valence electrons. The summed E-state index contributed by atoms with van der Waals surface area (Å²) in [6.07, 6.45) is 5.36. The Labute approximate surface area is 106 Å². The van der Waals surface area contributed by atoms with Crippen molar-refractivity contribution in [2.45, 2.75) is 38.5 Å². The Bertz CT molecular complexity index is 512. The van der Waals surface area contributed by atoms with Crippen LogP contribution in [0.5, 0.6) is 0 Å². The van der Waals surface area contributed by atoms with Gasteiger partial charge in [0.25, 0.3) is 0 Å². The molecule has 0 amide bonds. The Balaban J connectivity index is 2.06. The van der Waals surface area contributed by atoms with Crippen molar-refractivity contribution in [2.75, 3.05) is 11.9 Å². The minimum atomic E-state index is 0.691. The molecule has 0 unspecified atom stereocenters. The Morgan fingerprint density at radius 3 is 3.00 bits per heavy atom. The second-order valence-corrected chi connectivity index (χ2v) is 5.66. The molecular formula is C14H18N2S. The standard InChI is InChI=1S/C14H18N2S/c1-2-15-13-9-12(10-5-3-4-6-10)16-11-7-8-17-14(11)13/h7-10H,2-6H2,1H3,(H,15,16). The second-order valence-electron chi connectivity index (χ2n) is 4.74. The van der Waals surface area contributed by atoms with Gasteiger partial charge >= 0.3 is 0 Å². The highest BCUT2D eigenvalue weighted by Crippen LogP contribution is 2.37. The molecule has 3 heteroatoms. The van der Waals surface area contributed by atoms with Crippen molar-refractivity contribution in [1.29, 1.82) is 0 Å². The highest BCUT2D eigenvalue weighted by Gasteiger charge is 2.20. The molecule has 2 aromatic heterocycles. The molecule has 0 aliphatic heterocycles. The summed E-state index contributed by atoms with van der Waals surface area (Å²) >= 11 is 1.78. The van der Waals surface area contributed by atoms with Crippen LogP contribution in [0.2, 0.25) is 0 Å². The van der Waals surface area contributed by atoms with Gasteiger partial charge in [-0.05, 0) is 37.3 Å². The lowest BCUT2D eigenvalue weighted by molar-refractivity contribution is 0.701. The van der Waals surface area contributed by atoms with Crippen molar-refractivity contribution >= 4 is 27.2 Å². The van der Waals surface area contributed by atoms with Crippen LogP contribution in [0.4, 0.5) is 5.69 Å². The fraction of sp³-hybridized carbons (Fsp3) is 0.500. The van der Waals surface area contributed by atoms with E-state index in [1.165, 1.54) is 41.8 Å². The molecule has 0 aromatic carbocycles. The lowest BCUT2D eigenvalue weighted by Crippen LogP contribution is -2.01. The first-order valence-electron chi connectivity index (χ1n) is 6.50. The Morgan fingerprint density at radius 1 is 1.41 bits per heavy atom. The van der Waals surface area contributed by atoms with Gasteiger partial charge < -0.3 is 5.32 Å². The van der Waals surface area contributed by atoms with E-state index in [0.717, 1.165) is 12.1 Å². The van der Waals surface area contributed by atoms with Gasteiger partial charge in [0.15, 0.2) is 0 Å². The molecule has 2 heterocycles. The van der Waals surface area contributed by atoms with Gasteiger partial charge in [0, 0.05) is 18.2 Å². The average Bonchev–Trinajstić information content (AvgIpc) is 3.00. The molecule has 0 spiro atoms. The zero-order valence-corrected chi connectivity index (χ0v) is 11.0. The quantitative estimate of drug-likeness (QED) is 0.869. The van der Waals surface area contributed by atoms with Crippen LogP contribution in [-0.4, -0.2) is 11.5 Å². The molecule has 2 aromatic rings.